The summed E-state index contributed by atoms with van der Waals surface area (Å²) in [4.78, 5) is 4.38. The number of hydrogen-bond donors (Lipinski definition) is 1. The van der Waals surface area contributed by atoms with E-state index < -0.39 is 0 Å². The van der Waals surface area contributed by atoms with E-state index in [1.54, 1.807) is 4.52 Å². The molecule has 0 bridgehead atoms. The molecule has 4 nitrogen and oxygen atoms in total. The van der Waals surface area contributed by atoms with Gasteiger partial charge in [0.15, 0.2) is 5.65 Å². The van der Waals surface area contributed by atoms with Gasteiger partial charge < -0.3 is 5.32 Å². The van der Waals surface area contributed by atoms with Gasteiger partial charge in [0.05, 0.1) is 0 Å². The van der Waals surface area contributed by atoms with Gasteiger partial charge in [-0.25, -0.2) is 4.52 Å². The van der Waals surface area contributed by atoms with Crippen LogP contribution in [0, 0.1) is 5.92 Å². The molecule has 1 fully saturated rings. The molecule has 2 heterocycles. The smallest absolute Gasteiger partial charge is 0.243 e. The van der Waals surface area contributed by atoms with Gasteiger partial charge in [-0.2, -0.15) is 4.98 Å². The fourth-order valence-corrected chi connectivity index (χ4v) is 1.81. The number of fused-ring (bicyclic) bond motifs is 1. The van der Waals surface area contributed by atoms with Crippen LogP contribution in [0.3, 0.4) is 0 Å². The van der Waals surface area contributed by atoms with Gasteiger partial charge in [0.25, 0.3) is 0 Å². The Balaban J connectivity index is 1.84. The summed E-state index contributed by atoms with van der Waals surface area (Å²) in [7, 11) is 0. The average Bonchev–Trinajstić information content (AvgIpc) is 2.95. The van der Waals surface area contributed by atoms with Crippen molar-refractivity contribution in [2.24, 2.45) is 5.92 Å². The zero-order chi connectivity index (χ0) is 10.3. The molecular weight excluding hydrogens is 256 g/mol. The van der Waals surface area contributed by atoms with Crippen LogP contribution in [0.1, 0.15) is 12.8 Å². The summed E-state index contributed by atoms with van der Waals surface area (Å²) in [6, 6.07) is 3.90. The van der Waals surface area contributed by atoms with Crippen LogP contribution in [0.4, 0.5) is 5.95 Å². The highest BCUT2D eigenvalue weighted by molar-refractivity contribution is 9.10. The Kier molecular flexibility index (Phi) is 2.12. The molecule has 2 aromatic heterocycles. The van der Waals surface area contributed by atoms with Crippen molar-refractivity contribution < 1.29 is 0 Å². The Morgan fingerprint density at radius 2 is 2.40 bits per heavy atom. The van der Waals surface area contributed by atoms with E-state index >= 15 is 0 Å². The Hall–Kier alpha value is -1.10. The summed E-state index contributed by atoms with van der Waals surface area (Å²) < 4.78 is 2.80. The molecule has 5 heteroatoms. The average molecular weight is 267 g/mol. The monoisotopic (exact) mass is 266 g/mol. The summed E-state index contributed by atoms with van der Waals surface area (Å²) in [6.45, 7) is 0.998. The molecule has 0 unspecified atom stereocenters. The fraction of sp³-hybridized carbons (Fsp3) is 0.400. The van der Waals surface area contributed by atoms with E-state index in [1.165, 1.54) is 12.8 Å². The fourth-order valence-electron chi connectivity index (χ4n) is 1.49. The molecule has 0 radical (unpaired) electrons. The first kappa shape index (κ1) is 9.15. The molecule has 0 aliphatic heterocycles. The SMILES string of the molecule is Brc1ccn2nc(NCC3CC3)nc2c1. The summed E-state index contributed by atoms with van der Waals surface area (Å²) in [5.74, 6) is 1.56. The lowest BCUT2D eigenvalue weighted by molar-refractivity contribution is 0.867. The maximum atomic E-state index is 4.38. The van der Waals surface area contributed by atoms with E-state index in [4.69, 9.17) is 0 Å². The predicted molar refractivity (Wildman–Crippen MR) is 61.9 cm³/mol. The standard InChI is InChI=1S/C10H11BrN4/c11-8-3-4-15-9(5-8)13-10(14-15)12-6-7-1-2-7/h3-5,7H,1-2,6H2,(H,12,14). The second kappa shape index (κ2) is 3.48. The van der Waals surface area contributed by atoms with Crippen LogP contribution in [-0.4, -0.2) is 21.1 Å². The number of rotatable bonds is 3. The molecule has 3 rings (SSSR count). The lowest BCUT2D eigenvalue weighted by Crippen LogP contribution is -2.04. The number of pyridine rings is 1. The Labute approximate surface area is 95.8 Å². The minimum absolute atomic E-state index is 0.722. The second-order valence-electron chi connectivity index (χ2n) is 3.91. The Morgan fingerprint density at radius 1 is 1.53 bits per heavy atom. The molecule has 1 N–H and O–H groups in total. The van der Waals surface area contributed by atoms with Crippen molar-refractivity contribution >= 4 is 27.5 Å². The molecule has 0 amide bonds. The molecule has 0 atom stereocenters. The van der Waals surface area contributed by atoms with Crippen LogP contribution in [0.25, 0.3) is 5.65 Å². The number of nitrogens with zero attached hydrogens (tertiary/aromatic N) is 3. The van der Waals surface area contributed by atoms with E-state index in [0.29, 0.717) is 0 Å². The molecule has 2 aromatic rings. The van der Waals surface area contributed by atoms with Crippen molar-refractivity contribution in [2.45, 2.75) is 12.8 Å². The van der Waals surface area contributed by atoms with Crippen LogP contribution >= 0.6 is 15.9 Å². The number of aromatic nitrogens is 3. The maximum absolute atomic E-state index is 4.38. The largest absolute Gasteiger partial charge is 0.353 e. The van der Waals surface area contributed by atoms with Crippen LogP contribution in [0.5, 0.6) is 0 Å². The quantitative estimate of drug-likeness (QED) is 0.927. The van der Waals surface area contributed by atoms with E-state index in [2.05, 4.69) is 31.3 Å². The van der Waals surface area contributed by atoms with Gasteiger partial charge in [0.2, 0.25) is 5.95 Å². The second-order valence-corrected chi connectivity index (χ2v) is 4.82. The van der Waals surface area contributed by atoms with Gasteiger partial charge in [-0.3, -0.25) is 0 Å². The molecular formula is C10H11BrN4. The number of halogens is 1. The highest BCUT2D eigenvalue weighted by atomic mass is 79.9. The van der Waals surface area contributed by atoms with Crippen LogP contribution in [0.2, 0.25) is 0 Å². The lowest BCUT2D eigenvalue weighted by atomic mass is 10.4. The third kappa shape index (κ3) is 1.97. The summed E-state index contributed by atoms with van der Waals surface area (Å²) in [5, 5.41) is 7.58. The molecule has 1 aliphatic rings. The van der Waals surface area contributed by atoms with Crippen LogP contribution in [0.15, 0.2) is 22.8 Å². The predicted octanol–water partition coefficient (Wildman–Crippen LogP) is 2.31. The van der Waals surface area contributed by atoms with Crippen LogP contribution in [-0.2, 0) is 0 Å². The first-order chi connectivity index (χ1) is 7.31. The van der Waals surface area contributed by atoms with Crippen molar-refractivity contribution in [1.29, 1.82) is 0 Å². The number of nitrogens with one attached hydrogen (secondary N) is 1. The van der Waals surface area contributed by atoms with E-state index in [1.807, 2.05) is 18.3 Å². The molecule has 15 heavy (non-hydrogen) atoms. The summed E-state index contributed by atoms with van der Waals surface area (Å²) in [5.41, 5.74) is 0.864. The first-order valence-corrected chi connectivity index (χ1v) is 5.86. The van der Waals surface area contributed by atoms with Crippen molar-refractivity contribution in [2.75, 3.05) is 11.9 Å². The molecule has 78 valence electrons. The zero-order valence-corrected chi connectivity index (χ0v) is 9.74. The lowest BCUT2D eigenvalue weighted by Gasteiger charge is -1.96. The highest BCUT2D eigenvalue weighted by Gasteiger charge is 2.21. The van der Waals surface area contributed by atoms with Gasteiger partial charge in [0, 0.05) is 17.2 Å². The van der Waals surface area contributed by atoms with E-state index in [0.717, 1.165) is 28.5 Å². The molecule has 0 aromatic carbocycles. The maximum Gasteiger partial charge on any atom is 0.243 e. The van der Waals surface area contributed by atoms with Gasteiger partial charge in [-0.15, -0.1) is 5.10 Å². The minimum atomic E-state index is 0.722. The van der Waals surface area contributed by atoms with E-state index in [-0.39, 0.29) is 0 Å². The van der Waals surface area contributed by atoms with Crippen molar-refractivity contribution in [3.05, 3.63) is 22.8 Å². The Bertz CT molecular complexity index is 489. The summed E-state index contributed by atoms with van der Waals surface area (Å²) in [6.07, 6.45) is 4.58. The summed E-state index contributed by atoms with van der Waals surface area (Å²) >= 11 is 3.41. The Morgan fingerprint density at radius 3 is 3.20 bits per heavy atom. The van der Waals surface area contributed by atoms with Crippen molar-refractivity contribution in [3.8, 4) is 0 Å². The number of hydrogen-bond acceptors (Lipinski definition) is 3. The minimum Gasteiger partial charge on any atom is -0.353 e. The van der Waals surface area contributed by atoms with Crippen molar-refractivity contribution in [3.63, 3.8) is 0 Å². The normalized spacial score (nSPS) is 15.8. The third-order valence-electron chi connectivity index (χ3n) is 2.55. The third-order valence-corrected chi connectivity index (χ3v) is 3.04. The molecule has 1 aliphatic carbocycles. The van der Waals surface area contributed by atoms with Gasteiger partial charge in [-0.1, -0.05) is 15.9 Å². The topological polar surface area (TPSA) is 42.2 Å². The zero-order valence-electron chi connectivity index (χ0n) is 8.15. The van der Waals surface area contributed by atoms with Crippen LogP contribution < -0.4 is 5.32 Å². The van der Waals surface area contributed by atoms with Crippen molar-refractivity contribution in [1.82, 2.24) is 14.6 Å². The first-order valence-electron chi connectivity index (χ1n) is 5.07. The van der Waals surface area contributed by atoms with Gasteiger partial charge in [0.1, 0.15) is 0 Å². The molecule has 0 saturated heterocycles. The van der Waals surface area contributed by atoms with E-state index in [9.17, 15) is 0 Å². The molecule has 0 spiro atoms. The number of anilines is 1. The molecule has 1 saturated carbocycles. The highest BCUT2D eigenvalue weighted by Crippen LogP contribution is 2.28. The van der Waals surface area contributed by atoms with Gasteiger partial charge in [-0.05, 0) is 30.9 Å². The van der Waals surface area contributed by atoms with Gasteiger partial charge >= 0.3 is 0 Å².